The number of hydrogen-bond acceptors (Lipinski definition) is 7. The van der Waals surface area contributed by atoms with Crippen LogP contribution in [0.4, 0.5) is 5.69 Å². The van der Waals surface area contributed by atoms with Gasteiger partial charge in [0, 0.05) is 17.3 Å². The van der Waals surface area contributed by atoms with E-state index >= 15 is 0 Å². The second-order valence-electron chi connectivity index (χ2n) is 6.38. The minimum atomic E-state index is -0.349. The van der Waals surface area contributed by atoms with Crippen LogP contribution in [-0.2, 0) is 4.79 Å². The van der Waals surface area contributed by atoms with E-state index in [1.165, 1.54) is 37.7 Å². The Balaban J connectivity index is 1.36. The van der Waals surface area contributed by atoms with Crippen LogP contribution in [-0.4, -0.2) is 58.8 Å². The number of rotatable bonds is 9. The van der Waals surface area contributed by atoms with Gasteiger partial charge in [-0.15, -0.1) is 10.2 Å². The van der Waals surface area contributed by atoms with Crippen molar-refractivity contribution in [3.05, 3.63) is 34.3 Å². The zero-order valence-corrected chi connectivity index (χ0v) is 17.7. The molecule has 1 aliphatic heterocycles. The number of carbonyl (C=O) groups is 2. The summed E-state index contributed by atoms with van der Waals surface area (Å²) in [7, 11) is 0. The van der Waals surface area contributed by atoms with Crippen molar-refractivity contribution in [3.8, 4) is 0 Å². The number of aromatic nitrogens is 2. The molecule has 10 heteroatoms. The minimum Gasteiger partial charge on any atom is -0.355 e. The number of anilines is 1. The van der Waals surface area contributed by atoms with Gasteiger partial charge in [-0.3, -0.25) is 9.59 Å². The maximum Gasteiger partial charge on any atom is 0.286 e. The van der Waals surface area contributed by atoms with Crippen LogP contribution >= 0.6 is 34.7 Å². The monoisotopic (exact) mass is 439 g/mol. The molecule has 0 bridgehead atoms. The summed E-state index contributed by atoms with van der Waals surface area (Å²) in [5, 5.41) is 14.3. The molecule has 0 unspecified atom stereocenters. The minimum absolute atomic E-state index is 0.0356. The van der Waals surface area contributed by atoms with Crippen LogP contribution in [0, 0.1) is 0 Å². The number of benzene rings is 1. The standard InChI is InChI=1S/C18H22ClN5O2S2/c19-13-5-3-6-14(11-13)21-16(26)17-22-23-18(28-17)27-12-15(25)20-7-4-10-24-8-1-2-9-24/h3,5-6,11H,1-2,4,7-10,12H2,(H,20,25)(H,21,26). The van der Waals surface area contributed by atoms with Gasteiger partial charge in [0.1, 0.15) is 0 Å². The van der Waals surface area contributed by atoms with Crippen molar-refractivity contribution >= 4 is 52.2 Å². The Morgan fingerprint density at radius 3 is 2.86 bits per heavy atom. The van der Waals surface area contributed by atoms with Gasteiger partial charge >= 0.3 is 0 Å². The van der Waals surface area contributed by atoms with Gasteiger partial charge in [-0.25, -0.2) is 0 Å². The van der Waals surface area contributed by atoms with Gasteiger partial charge in [0.2, 0.25) is 10.9 Å². The number of thioether (sulfide) groups is 1. The summed E-state index contributed by atoms with van der Waals surface area (Å²) in [6.45, 7) is 4.07. The number of nitrogens with one attached hydrogen (secondary N) is 2. The first-order valence-corrected chi connectivity index (χ1v) is 11.3. The first kappa shape index (κ1) is 21.0. The highest BCUT2D eigenvalue weighted by molar-refractivity contribution is 8.01. The number of nitrogens with zero attached hydrogens (tertiary/aromatic N) is 3. The molecular weight excluding hydrogens is 418 g/mol. The molecule has 7 nitrogen and oxygen atoms in total. The second-order valence-corrected chi connectivity index (χ2v) is 9.01. The molecule has 2 heterocycles. The van der Waals surface area contributed by atoms with E-state index in [0.717, 1.165) is 24.3 Å². The number of amides is 2. The second kappa shape index (κ2) is 10.8. The molecule has 2 amide bonds. The van der Waals surface area contributed by atoms with Crippen LogP contribution in [0.2, 0.25) is 5.02 Å². The first-order chi connectivity index (χ1) is 13.6. The van der Waals surface area contributed by atoms with Crippen molar-refractivity contribution in [2.45, 2.75) is 23.6 Å². The SMILES string of the molecule is O=C(CSc1nnc(C(=O)Nc2cccc(Cl)c2)s1)NCCCN1CCCC1. The molecule has 0 saturated carbocycles. The zero-order chi connectivity index (χ0) is 19.8. The van der Waals surface area contributed by atoms with E-state index in [-0.39, 0.29) is 22.6 Å². The molecule has 150 valence electrons. The number of hydrogen-bond donors (Lipinski definition) is 2. The molecule has 1 aliphatic rings. The Bertz CT molecular complexity index is 811. The van der Waals surface area contributed by atoms with Crippen LogP contribution < -0.4 is 10.6 Å². The normalized spacial score (nSPS) is 14.2. The van der Waals surface area contributed by atoms with Gasteiger partial charge in [0.05, 0.1) is 5.75 Å². The molecule has 1 aromatic carbocycles. The molecule has 1 aromatic heterocycles. The van der Waals surface area contributed by atoms with E-state index in [1.807, 2.05) is 0 Å². The quantitative estimate of drug-likeness (QED) is 0.461. The molecule has 0 spiro atoms. The van der Waals surface area contributed by atoms with Gasteiger partial charge in [0.15, 0.2) is 4.34 Å². The Labute approximate surface area is 177 Å². The molecule has 0 atom stereocenters. The lowest BCUT2D eigenvalue weighted by atomic mass is 10.3. The summed E-state index contributed by atoms with van der Waals surface area (Å²) in [6, 6.07) is 6.89. The first-order valence-electron chi connectivity index (χ1n) is 9.12. The molecule has 0 aliphatic carbocycles. The average molecular weight is 440 g/mol. The van der Waals surface area contributed by atoms with Crippen molar-refractivity contribution in [1.29, 1.82) is 0 Å². The summed E-state index contributed by atoms with van der Waals surface area (Å²) >= 11 is 8.35. The molecule has 2 N–H and O–H groups in total. The largest absolute Gasteiger partial charge is 0.355 e. The molecule has 1 saturated heterocycles. The predicted octanol–water partition coefficient (Wildman–Crippen LogP) is 3.14. The van der Waals surface area contributed by atoms with E-state index in [0.29, 0.717) is 21.6 Å². The van der Waals surface area contributed by atoms with E-state index in [9.17, 15) is 9.59 Å². The topological polar surface area (TPSA) is 87.2 Å². The molecule has 1 fully saturated rings. The summed E-state index contributed by atoms with van der Waals surface area (Å²) in [6.07, 6.45) is 3.52. The number of carbonyl (C=O) groups excluding carboxylic acids is 2. The number of halogens is 1. The lowest BCUT2D eigenvalue weighted by Gasteiger charge is -2.14. The third-order valence-corrected chi connectivity index (χ3v) is 6.47. The lowest BCUT2D eigenvalue weighted by Crippen LogP contribution is -2.29. The van der Waals surface area contributed by atoms with Crippen molar-refractivity contribution in [3.63, 3.8) is 0 Å². The van der Waals surface area contributed by atoms with Crippen LogP contribution in [0.15, 0.2) is 28.6 Å². The highest BCUT2D eigenvalue weighted by atomic mass is 35.5. The van der Waals surface area contributed by atoms with Crippen LogP contribution in [0.1, 0.15) is 29.1 Å². The lowest BCUT2D eigenvalue weighted by molar-refractivity contribution is -0.118. The van der Waals surface area contributed by atoms with Crippen LogP contribution in [0.3, 0.4) is 0 Å². The van der Waals surface area contributed by atoms with Crippen molar-refractivity contribution in [2.75, 3.05) is 37.2 Å². The summed E-state index contributed by atoms with van der Waals surface area (Å²) in [5.74, 6) is -0.126. The van der Waals surface area contributed by atoms with E-state index < -0.39 is 0 Å². The smallest absolute Gasteiger partial charge is 0.286 e. The fourth-order valence-corrected chi connectivity index (χ4v) is 4.59. The van der Waals surface area contributed by atoms with Crippen molar-refractivity contribution in [2.24, 2.45) is 0 Å². The van der Waals surface area contributed by atoms with Crippen LogP contribution in [0.25, 0.3) is 0 Å². The van der Waals surface area contributed by atoms with Gasteiger partial charge < -0.3 is 15.5 Å². The Hall–Kier alpha value is -1.68. The van der Waals surface area contributed by atoms with Gasteiger partial charge in [0.25, 0.3) is 5.91 Å². The molecule has 28 heavy (non-hydrogen) atoms. The third kappa shape index (κ3) is 6.73. The maximum atomic E-state index is 12.2. The van der Waals surface area contributed by atoms with Crippen molar-refractivity contribution < 1.29 is 9.59 Å². The Morgan fingerprint density at radius 1 is 1.25 bits per heavy atom. The van der Waals surface area contributed by atoms with Crippen LogP contribution in [0.5, 0.6) is 0 Å². The highest BCUT2D eigenvalue weighted by Crippen LogP contribution is 2.23. The third-order valence-electron chi connectivity index (χ3n) is 4.18. The van der Waals surface area contributed by atoms with E-state index in [4.69, 9.17) is 11.6 Å². The van der Waals surface area contributed by atoms with E-state index in [1.54, 1.807) is 24.3 Å². The Morgan fingerprint density at radius 2 is 2.07 bits per heavy atom. The fraction of sp³-hybridized carbons (Fsp3) is 0.444. The predicted molar refractivity (Wildman–Crippen MR) is 113 cm³/mol. The molecule has 2 aromatic rings. The highest BCUT2D eigenvalue weighted by Gasteiger charge is 2.15. The summed E-state index contributed by atoms with van der Waals surface area (Å²) < 4.78 is 0.587. The zero-order valence-electron chi connectivity index (χ0n) is 15.3. The molecular formula is C18H22ClN5O2S2. The van der Waals surface area contributed by atoms with E-state index in [2.05, 4.69) is 25.7 Å². The van der Waals surface area contributed by atoms with Gasteiger partial charge in [-0.05, 0) is 57.1 Å². The molecule has 3 rings (SSSR count). The summed E-state index contributed by atoms with van der Waals surface area (Å²) in [4.78, 5) is 26.6. The Kier molecular flexibility index (Phi) is 8.08. The summed E-state index contributed by atoms with van der Waals surface area (Å²) in [5.41, 5.74) is 0.593. The van der Waals surface area contributed by atoms with Gasteiger partial charge in [-0.1, -0.05) is 40.8 Å². The molecule has 0 radical (unpaired) electrons. The average Bonchev–Trinajstić information content (AvgIpc) is 3.35. The fourth-order valence-electron chi connectivity index (χ4n) is 2.83. The van der Waals surface area contributed by atoms with Crippen molar-refractivity contribution in [1.82, 2.24) is 20.4 Å². The number of likely N-dealkylation sites (tertiary alicyclic amines) is 1. The maximum absolute atomic E-state index is 12.2. The van der Waals surface area contributed by atoms with Gasteiger partial charge in [-0.2, -0.15) is 0 Å².